The molecule has 0 saturated carbocycles. The molecule has 0 radical (unpaired) electrons. The normalized spacial score (nSPS) is 19.1. The van der Waals surface area contributed by atoms with Crippen LogP contribution in [-0.4, -0.2) is 27.3 Å². The van der Waals surface area contributed by atoms with Crippen molar-refractivity contribution < 1.29 is 12.8 Å². The minimum absolute atomic E-state index is 0.0864. The van der Waals surface area contributed by atoms with Crippen molar-refractivity contribution in [1.82, 2.24) is 5.32 Å². The van der Waals surface area contributed by atoms with Crippen LogP contribution in [-0.2, 0) is 16.4 Å². The fraction of sp³-hybridized carbons (Fsp3) is 0.333. The predicted octanol–water partition coefficient (Wildman–Crippen LogP) is 3.22. The van der Waals surface area contributed by atoms with E-state index >= 15 is 0 Å². The molecule has 0 saturated heterocycles. The zero-order valence-corrected chi connectivity index (χ0v) is 14.4. The Morgan fingerprint density at radius 3 is 2.50 bits per heavy atom. The summed E-state index contributed by atoms with van der Waals surface area (Å²) in [5.74, 6) is -0.535. The third-order valence-corrected chi connectivity index (χ3v) is 6.51. The Hall–Kier alpha value is -1.92. The Balaban J connectivity index is 2.09. The van der Waals surface area contributed by atoms with E-state index in [9.17, 15) is 12.8 Å². The molecule has 0 unspecified atom stereocenters. The lowest BCUT2D eigenvalue weighted by molar-refractivity contribution is 0.552. The third-order valence-electron chi connectivity index (χ3n) is 4.36. The summed E-state index contributed by atoms with van der Waals surface area (Å²) in [4.78, 5) is 0. The highest BCUT2D eigenvalue weighted by Gasteiger charge is 2.39. The van der Waals surface area contributed by atoms with Gasteiger partial charge in [-0.2, -0.15) is 0 Å². The quantitative estimate of drug-likeness (QED) is 0.844. The number of para-hydroxylation sites is 2. The van der Waals surface area contributed by atoms with Crippen molar-refractivity contribution in [1.29, 1.82) is 0 Å². The molecule has 3 rings (SSSR count). The topological polar surface area (TPSA) is 49.4 Å². The summed E-state index contributed by atoms with van der Waals surface area (Å²) in [5.41, 5.74) is 1.57. The fourth-order valence-electron chi connectivity index (χ4n) is 3.16. The molecule has 1 aliphatic heterocycles. The highest BCUT2D eigenvalue weighted by Crippen LogP contribution is 2.40. The number of sulfonamides is 1. The van der Waals surface area contributed by atoms with Crippen LogP contribution in [0.15, 0.2) is 48.5 Å². The number of hydrogen-bond acceptors (Lipinski definition) is 3. The number of fused-ring (bicyclic) bond motifs is 1. The Labute approximate surface area is 142 Å². The molecule has 128 valence electrons. The van der Waals surface area contributed by atoms with Crippen molar-refractivity contribution in [2.75, 3.05) is 17.9 Å². The van der Waals surface area contributed by atoms with Crippen molar-refractivity contribution in [2.45, 2.75) is 24.5 Å². The molecule has 0 bridgehead atoms. The van der Waals surface area contributed by atoms with Gasteiger partial charge in [0.2, 0.25) is 10.0 Å². The molecule has 1 atom stereocenters. The van der Waals surface area contributed by atoms with E-state index < -0.39 is 21.1 Å². The maximum absolute atomic E-state index is 14.3. The summed E-state index contributed by atoms with van der Waals surface area (Å²) in [7, 11) is -1.82. The van der Waals surface area contributed by atoms with E-state index in [-0.39, 0.29) is 5.69 Å². The average Bonchev–Trinajstić information content (AvgIpc) is 2.56. The van der Waals surface area contributed by atoms with Crippen LogP contribution in [0.25, 0.3) is 0 Å². The van der Waals surface area contributed by atoms with Gasteiger partial charge in [0.25, 0.3) is 0 Å². The van der Waals surface area contributed by atoms with Gasteiger partial charge in [0, 0.05) is 0 Å². The van der Waals surface area contributed by atoms with Crippen molar-refractivity contribution in [3.63, 3.8) is 0 Å². The largest absolute Gasteiger partial charge is 0.320 e. The summed E-state index contributed by atoms with van der Waals surface area (Å²) in [6, 6.07) is 13.3. The standard InChI is InChI=1S/C18H21FN2O2S/c1-20-12-6-8-15-13-14-7-2-4-10-17(14)21(24(15,22)23)18-11-5-3-9-16(18)19/h2-5,7,9-11,15,20H,6,8,12-13H2,1H3/t15-/m0/s1. The smallest absolute Gasteiger partial charge is 0.242 e. The van der Waals surface area contributed by atoms with Gasteiger partial charge in [-0.3, -0.25) is 0 Å². The van der Waals surface area contributed by atoms with Gasteiger partial charge >= 0.3 is 0 Å². The van der Waals surface area contributed by atoms with E-state index in [0.29, 0.717) is 18.5 Å². The van der Waals surface area contributed by atoms with Crippen molar-refractivity contribution in [3.05, 3.63) is 59.9 Å². The summed E-state index contributed by atoms with van der Waals surface area (Å²) in [6.45, 7) is 0.757. The Kier molecular flexibility index (Phi) is 4.87. The number of benzene rings is 2. The van der Waals surface area contributed by atoms with Crippen LogP contribution in [0.1, 0.15) is 18.4 Å². The second kappa shape index (κ2) is 6.91. The highest BCUT2D eigenvalue weighted by molar-refractivity contribution is 7.93. The molecule has 24 heavy (non-hydrogen) atoms. The second-order valence-corrected chi connectivity index (χ2v) is 8.02. The SMILES string of the molecule is CNCCC[C@H]1Cc2ccccc2N(c2ccccc2F)S1(=O)=O. The molecule has 4 nitrogen and oxygen atoms in total. The highest BCUT2D eigenvalue weighted by atomic mass is 32.2. The maximum Gasteiger partial charge on any atom is 0.242 e. The van der Waals surface area contributed by atoms with Crippen LogP contribution in [0.3, 0.4) is 0 Å². The Morgan fingerprint density at radius 1 is 1.12 bits per heavy atom. The van der Waals surface area contributed by atoms with Crippen LogP contribution < -0.4 is 9.62 Å². The number of nitrogens with zero attached hydrogens (tertiary/aromatic N) is 1. The van der Waals surface area contributed by atoms with Crippen LogP contribution in [0.4, 0.5) is 15.8 Å². The van der Waals surface area contributed by atoms with Crippen LogP contribution in [0.2, 0.25) is 0 Å². The van der Waals surface area contributed by atoms with E-state index in [1.54, 1.807) is 24.3 Å². The molecule has 0 spiro atoms. The summed E-state index contributed by atoms with van der Waals surface area (Å²) < 4.78 is 41.8. The minimum atomic E-state index is -3.67. The molecule has 1 aliphatic rings. The first-order chi connectivity index (χ1) is 11.6. The molecule has 1 heterocycles. The second-order valence-electron chi connectivity index (χ2n) is 5.96. The predicted molar refractivity (Wildman–Crippen MR) is 94.6 cm³/mol. The zero-order chi connectivity index (χ0) is 17.2. The molecular weight excluding hydrogens is 327 g/mol. The van der Waals surface area contributed by atoms with Gasteiger partial charge in [-0.15, -0.1) is 0 Å². The van der Waals surface area contributed by atoms with Crippen molar-refractivity contribution >= 4 is 21.4 Å². The monoisotopic (exact) mass is 348 g/mol. The lowest BCUT2D eigenvalue weighted by Crippen LogP contribution is -2.42. The zero-order valence-electron chi connectivity index (χ0n) is 13.6. The van der Waals surface area contributed by atoms with Gasteiger partial charge in [0.15, 0.2) is 0 Å². The molecule has 0 fully saturated rings. The van der Waals surface area contributed by atoms with E-state index in [2.05, 4.69) is 5.32 Å². The van der Waals surface area contributed by atoms with Crippen LogP contribution in [0.5, 0.6) is 0 Å². The van der Waals surface area contributed by atoms with Crippen molar-refractivity contribution in [2.24, 2.45) is 0 Å². The maximum atomic E-state index is 14.3. The number of hydrogen-bond donors (Lipinski definition) is 1. The van der Waals surface area contributed by atoms with Crippen LogP contribution in [0, 0.1) is 5.82 Å². The Bertz CT molecular complexity index is 823. The molecule has 0 amide bonds. The van der Waals surface area contributed by atoms with E-state index in [0.717, 1.165) is 18.5 Å². The van der Waals surface area contributed by atoms with E-state index in [1.807, 2.05) is 19.2 Å². The van der Waals surface area contributed by atoms with Crippen LogP contribution >= 0.6 is 0 Å². The van der Waals surface area contributed by atoms with Gasteiger partial charge in [-0.1, -0.05) is 30.3 Å². The molecule has 2 aromatic rings. The number of rotatable bonds is 5. The van der Waals surface area contributed by atoms with E-state index in [1.165, 1.54) is 16.4 Å². The number of nitrogens with one attached hydrogen (secondary N) is 1. The van der Waals surface area contributed by atoms with Crippen molar-refractivity contribution in [3.8, 4) is 0 Å². The van der Waals surface area contributed by atoms with Gasteiger partial charge < -0.3 is 5.32 Å². The first kappa shape index (κ1) is 16.9. The third kappa shape index (κ3) is 3.03. The van der Waals surface area contributed by atoms with Gasteiger partial charge in [-0.25, -0.2) is 17.1 Å². The molecule has 1 N–H and O–H groups in total. The van der Waals surface area contributed by atoms with Gasteiger partial charge in [0.05, 0.1) is 16.6 Å². The van der Waals surface area contributed by atoms with E-state index in [4.69, 9.17) is 0 Å². The summed E-state index contributed by atoms with van der Waals surface area (Å²) in [5, 5.41) is 2.50. The molecule has 6 heteroatoms. The lowest BCUT2D eigenvalue weighted by Gasteiger charge is -2.35. The molecular formula is C18H21FN2O2S. The summed E-state index contributed by atoms with van der Waals surface area (Å²) >= 11 is 0. The molecule has 0 aromatic heterocycles. The number of halogens is 1. The molecule has 2 aromatic carbocycles. The van der Waals surface area contributed by atoms with Gasteiger partial charge in [-0.05, 0) is 56.6 Å². The fourth-order valence-corrected chi connectivity index (χ4v) is 5.19. The minimum Gasteiger partial charge on any atom is -0.320 e. The average molecular weight is 348 g/mol. The first-order valence-electron chi connectivity index (χ1n) is 8.07. The summed E-state index contributed by atoms with van der Waals surface area (Å²) in [6.07, 6.45) is 1.77. The first-order valence-corrected chi connectivity index (χ1v) is 9.57. The number of anilines is 2. The molecule has 0 aliphatic carbocycles. The Morgan fingerprint density at radius 2 is 1.79 bits per heavy atom. The lowest BCUT2D eigenvalue weighted by atomic mass is 10.0. The van der Waals surface area contributed by atoms with Gasteiger partial charge in [0.1, 0.15) is 5.82 Å².